The fraction of sp³-hybridized carbons (Fsp3) is 0.500. The van der Waals surface area contributed by atoms with Gasteiger partial charge >= 0.3 is 0 Å². The molecule has 108 valence electrons. The Morgan fingerprint density at radius 2 is 2.11 bits per heavy atom. The molecule has 1 aromatic carbocycles. The van der Waals surface area contributed by atoms with Gasteiger partial charge in [0.1, 0.15) is 4.90 Å². The zero-order chi connectivity index (χ0) is 14.5. The lowest BCUT2D eigenvalue weighted by Crippen LogP contribution is -2.25. The molecule has 0 fully saturated rings. The minimum Gasteiger partial charge on any atom is -0.211 e. The van der Waals surface area contributed by atoms with Gasteiger partial charge in [-0.3, -0.25) is 0 Å². The number of halogens is 3. The van der Waals surface area contributed by atoms with Crippen LogP contribution in [0.4, 0.5) is 0 Å². The highest BCUT2D eigenvalue weighted by atomic mass is 79.9. The fourth-order valence-electron chi connectivity index (χ4n) is 1.55. The van der Waals surface area contributed by atoms with Gasteiger partial charge in [0.15, 0.2) is 0 Å². The Hall–Kier alpha value is 0.190. The van der Waals surface area contributed by atoms with Crippen molar-refractivity contribution in [2.24, 2.45) is 5.92 Å². The highest BCUT2D eigenvalue weighted by Crippen LogP contribution is 2.29. The van der Waals surface area contributed by atoms with Crippen molar-refractivity contribution in [2.45, 2.75) is 24.7 Å². The highest BCUT2D eigenvalue weighted by molar-refractivity contribution is 9.10. The number of benzene rings is 1. The van der Waals surface area contributed by atoms with Gasteiger partial charge in [-0.15, -0.1) is 11.6 Å². The fourth-order valence-corrected chi connectivity index (χ4v) is 4.51. The van der Waals surface area contributed by atoms with Gasteiger partial charge < -0.3 is 0 Å². The predicted octanol–water partition coefficient (Wildman–Crippen LogP) is 4.04. The van der Waals surface area contributed by atoms with Crippen LogP contribution >= 0.6 is 39.1 Å². The quantitative estimate of drug-likeness (QED) is 0.566. The van der Waals surface area contributed by atoms with E-state index in [-0.39, 0.29) is 9.92 Å². The first-order chi connectivity index (χ1) is 8.88. The summed E-state index contributed by atoms with van der Waals surface area (Å²) in [5, 5.41) is 0.205. The van der Waals surface area contributed by atoms with E-state index < -0.39 is 10.0 Å². The minimum atomic E-state index is -3.59. The van der Waals surface area contributed by atoms with Crippen LogP contribution < -0.4 is 4.72 Å². The maximum Gasteiger partial charge on any atom is 0.243 e. The Kier molecular flexibility index (Phi) is 7.11. The number of hydrogen-bond acceptors (Lipinski definition) is 2. The third-order valence-corrected chi connectivity index (χ3v) is 6.06. The first-order valence-corrected chi connectivity index (χ1v) is 9.07. The van der Waals surface area contributed by atoms with Crippen LogP contribution in [0.2, 0.25) is 5.02 Å². The van der Waals surface area contributed by atoms with Gasteiger partial charge in [0, 0.05) is 16.9 Å². The van der Waals surface area contributed by atoms with Crippen molar-refractivity contribution in [1.29, 1.82) is 0 Å². The smallest absolute Gasteiger partial charge is 0.211 e. The molecule has 7 heteroatoms. The van der Waals surface area contributed by atoms with Crippen LogP contribution in [0.25, 0.3) is 0 Å². The Bertz CT molecular complexity index is 502. The Labute approximate surface area is 132 Å². The highest BCUT2D eigenvalue weighted by Gasteiger charge is 2.20. The van der Waals surface area contributed by atoms with Crippen LogP contribution in [-0.4, -0.2) is 20.8 Å². The number of rotatable bonds is 7. The number of nitrogens with one attached hydrogen (secondary N) is 1. The monoisotopic (exact) mass is 387 g/mol. The maximum absolute atomic E-state index is 12.1. The van der Waals surface area contributed by atoms with Crippen LogP contribution in [0.1, 0.15) is 19.8 Å². The molecule has 0 aliphatic carbocycles. The standard InChI is InChI=1S/C12H16BrCl2NO2S/c1-9(8-14)4-3-7-16-19(17,18)12-10(13)5-2-6-11(12)15/h2,5-6,9,16H,3-4,7-8H2,1H3. The average molecular weight is 389 g/mol. The van der Waals surface area contributed by atoms with E-state index in [1.807, 2.05) is 6.92 Å². The third kappa shape index (κ3) is 5.23. The van der Waals surface area contributed by atoms with Crippen LogP contribution in [0.15, 0.2) is 27.6 Å². The summed E-state index contributed by atoms with van der Waals surface area (Å²) in [6.45, 7) is 2.41. The molecule has 0 radical (unpaired) electrons. The summed E-state index contributed by atoms with van der Waals surface area (Å²) in [7, 11) is -3.59. The zero-order valence-electron chi connectivity index (χ0n) is 10.5. The van der Waals surface area contributed by atoms with Gasteiger partial charge in [-0.05, 0) is 46.8 Å². The van der Waals surface area contributed by atoms with Crippen LogP contribution in [0, 0.1) is 5.92 Å². The second-order valence-corrected chi connectivity index (χ2v) is 7.62. The van der Waals surface area contributed by atoms with E-state index in [1.165, 1.54) is 0 Å². The molecule has 0 aromatic heterocycles. The average Bonchev–Trinajstić information content (AvgIpc) is 2.33. The van der Waals surface area contributed by atoms with Crippen molar-refractivity contribution in [2.75, 3.05) is 12.4 Å². The first-order valence-electron chi connectivity index (χ1n) is 5.88. The van der Waals surface area contributed by atoms with Gasteiger partial charge in [0.25, 0.3) is 0 Å². The molecule has 1 rings (SSSR count). The largest absolute Gasteiger partial charge is 0.243 e. The van der Waals surface area contributed by atoms with Crippen molar-refractivity contribution >= 4 is 49.2 Å². The molecule has 3 nitrogen and oxygen atoms in total. The van der Waals surface area contributed by atoms with Gasteiger partial charge in [0.05, 0.1) is 5.02 Å². The zero-order valence-corrected chi connectivity index (χ0v) is 14.4. The van der Waals surface area contributed by atoms with E-state index >= 15 is 0 Å². The van der Waals surface area contributed by atoms with Crippen molar-refractivity contribution < 1.29 is 8.42 Å². The molecule has 0 amide bonds. The number of sulfonamides is 1. The first kappa shape index (κ1) is 17.2. The Morgan fingerprint density at radius 1 is 1.42 bits per heavy atom. The lowest BCUT2D eigenvalue weighted by molar-refractivity contribution is 0.543. The molecular formula is C12H16BrCl2NO2S. The molecule has 1 unspecified atom stereocenters. The summed E-state index contributed by atoms with van der Waals surface area (Å²) in [5.74, 6) is 0.973. The third-order valence-electron chi connectivity index (χ3n) is 2.62. The summed E-state index contributed by atoms with van der Waals surface area (Å²) < 4.78 is 27.3. The molecule has 0 spiro atoms. The van der Waals surface area contributed by atoms with E-state index in [0.29, 0.717) is 22.8 Å². The van der Waals surface area contributed by atoms with Crippen LogP contribution in [0.5, 0.6) is 0 Å². The molecule has 0 aliphatic rings. The molecule has 0 bridgehead atoms. The van der Waals surface area contributed by atoms with Gasteiger partial charge in [-0.25, -0.2) is 13.1 Å². The van der Waals surface area contributed by atoms with E-state index in [1.54, 1.807) is 18.2 Å². The lowest BCUT2D eigenvalue weighted by Gasteiger charge is -2.11. The number of hydrogen-bond donors (Lipinski definition) is 1. The molecular weight excluding hydrogens is 373 g/mol. The predicted molar refractivity (Wildman–Crippen MR) is 83.5 cm³/mol. The molecule has 1 N–H and O–H groups in total. The van der Waals surface area contributed by atoms with E-state index in [9.17, 15) is 8.42 Å². The van der Waals surface area contributed by atoms with Gasteiger partial charge in [0.2, 0.25) is 10.0 Å². The molecule has 0 aliphatic heterocycles. The number of alkyl halides is 1. The van der Waals surface area contributed by atoms with E-state index in [2.05, 4.69) is 20.7 Å². The van der Waals surface area contributed by atoms with Crippen LogP contribution in [-0.2, 0) is 10.0 Å². The molecule has 1 atom stereocenters. The van der Waals surface area contributed by atoms with E-state index in [4.69, 9.17) is 23.2 Å². The SMILES string of the molecule is CC(CCl)CCCNS(=O)(=O)c1c(Cl)cccc1Br. The second kappa shape index (κ2) is 7.84. The summed E-state index contributed by atoms with van der Waals surface area (Å²) in [5.41, 5.74) is 0. The minimum absolute atomic E-state index is 0.0852. The summed E-state index contributed by atoms with van der Waals surface area (Å²) >= 11 is 14.8. The topological polar surface area (TPSA) is 46.2 Å². The summed E-state index contributed by atoms with van der Waals surface area (Å²) in [6, 6.07) is 4.89. The molecule has 0 saturated heterocycles. The Morgan fingerprint density at radius 3 is 2.68 bits per heavy atom. The summed E-state index contributed by atoms with van der Waals surface area (Å²) in [6.07, 6.45) is 1.63. The summed E-state index contributed by atoms with van der Waals surface area (Å²) in [4.78, 5) is 0.0852. The van der Waals surface area contributed by atoms with E-state index in [0.717, 1.165) is 12.8 Å². The van der Waals surface area contributed by atoms with Crippen LogP contribution in [0.3, 0.4) is 0 Å². The molecule has 0 saturated carbocycles. The van der Waals surface area contributed by atoms with Crippen molar-refractivity contribution in [3.05, 3.63) is 27.7 Å². The van der Waals surface area contributed by atoms with Crippen molar-refractivity contribution in [1.82, 2.24) is 4.72 Å². The maximum atomic E-state index is 12.1. The second-order valence-electron chi connectivity index (χ2n) is 4.35. The van der Waals surface area contributed by atoms with Crippen molar-refractivity contribution in [3.8, 4) is 0 Å². The molecule has 1 aromatic rings. The molecule has 19 heavy (non-hydrogen) atoms. The van der Waals surface area contributed by atoms with Gasteiger partial charge in [-0.2, -0.15) is 0 Å². The van der Waals surface area contributed by atoms with Gasteiger partial charge in [-0.1, -0.05) is 24.6 Å². The molecule has 0 heterocycles. The lowest BCUT2D eigenvalue weighted by atomic mass is 10.1. The Balaban J connectivity index is 2.67. The normalized spacial score (nSPS) is 13.5. The van der Waals surface area contributed by atoms with Crippen molar-refractivity contribution in [3.63, 3.8) is 0 Å².